The van der Waals surface area contributed by atoms with Crippen molar-refractivity contribution in [2.24, 2.45) is 5.92 Å². The van der Waals surface area contributed by atoms with Gasteiger partial charge in [0, 0.05) is 6.42 Å². The van der Waals surface area contributed by atoms with Gasteiger partial charge in [-0.3, -0.25) is 0 Å². The molecule has 1 fully saturated rings. The molecule has 1 aromatic heterocycles. The smallest absolute Gasteiger partial charge is 0.124 e. The highest BCUT2D eigenvalue weighted by atomic mass is 16.5. The number of fused-ring (bicyclic) bond motifs is 1. The zero-order chi connectivity index (χ0) is 11.7. The highest BCUT2D eigenvalue weighted by Gasteiger charge is 2.21. The summed E-state index contributed by atoms with van der Waals surface area (Å²) in [5.74, 6) is 1.93. The van der Waals surface area contributed by atoms with Gasteiger partial charge in [-0.25, -0.2) is 4.98 Å². The largest absolute Gasteiger partial charge is 0.360 e. The highest BCUT2D eigenvalue weighted by molar-refractivity contribution is 5.75. The minimum Gasteiger partial charge on any atom is -0.360 e. The third kappa shape index (κ3) is 2.20. The molecule has 0 atom stereocenters. The number of rotatable bonds is 5. The van der Waals surface area contributed by atoms with Crippen molar-refractivity contribution in [2.45, 2.75) is 32.9 Å². The van der Waals surface area contributed by atoms with E-state index in [1.807, 2.05) is 6.07 Å². The van der Waals surface area contributed by atoms with Crippen LogP contribution in [0.5, 0.6) is 0 Å². The minimum atomic E-state index is 0.639. The number of hydrogen-bond acceptors (Lipinski definition) is 2. The second-order valence-electron chi connectivity index (χ2n) is 4.74. The molecule has 1 heterocycles. The lowest BCUT2D eigenvalue weighted by Gasteiger charge is -2.08. The van der Waals surface area contributed by atoms with Gasteiger partial charge < -0.3 is 9.30 Å². The first kappa shape index (κ1) is 10.8. The number of hydrogen-bond donors (Lipinski definition) is 0. The molecular weight excluding hydrogens is 212 g/mol. The summed E-state index contributed by atoms with van der Waals surface area (Å²) in [6.07, 6.45) is 3.62. The van der Waals surface area contributed by atoms with Gasteiger partial charge in [0.2, 0.25) is 0 Å². The predicted octanol–water partition coefficient (Wildman–Crippen LogP) is 2.98. The average Bonchev–Trinajstić information content (AvgIpc) is 3.11. The first-order valence-electron chi connectivity index (χ1n) is 6.40. The topological polar surface area (TPSA) is 27.1 Å². The van der Waals surface area contributed by atoms with Gasteiger partial charge in [-0.1, -0.05) is 19.1 Å². The lowest BCUT2D eigenvalue weighted by Crippen LogP contribution is -2.07. The SMILES string of the molecule is CCc1nc2ccccc2n1COCC1CC1. The number of imidazole rings is 1. The lowest BCUT2D eigenvalue weighted by molar-refractivity contribution is 0.0698. The molecule has 3 rings (SSSR count). The van der Waals surface area contributed by atoms with Crippen LogP contribution in [-0.2, 0) is 17.9 Å². The molecule has 0 aliphatic heterocycles. The lowest BCUT2D eigenvalue weighted by atomic mass is 10.3. The van der Waals surface area contributed by atoms with Gasteiger partial charge in [-0.2, -0.15) is 0 Å². The van der Waals surface area contributed by atoms with Crippen molar-refractivity contribution < 1.29 is 4.74 Å². The van der Waals surface area contributed by atoms with Crippen LogP contribution in [0.2, 0.25) is 0 Å². The van der Waals surface area contributed by atoms with E-state index < -0.39 is 0 Å². The van der Waals surface area contributed by atoms with Crippen molar-refractivity contribution in [3.05, 3.63) is 30.1 Å². The van der Waals surface area contributed by atoms with E-state index >= 15 is 0 Å². The summed E-state index contributed by atoms with van der Waals surface area (Å²) in [6.45, 7) is 3.68. The van der Waals surface area contributed by atoms with Crippen molar-refractivity contribution in [2.75, 3.05) is 6.61 Å². The normalized spacial score (nSPS) is 15.6. The van der Waals surface area contributed by atoms with Crippen LogP contribution in [-0.4, -0.2) is 16.2 Å². The third-order valence-electron chi connectivity index (χ3n) is 3.32. The van der Waals surface area contributed by atoms with E-state index in [1.54, 1.807) is 0 Å². The molecule has 1 aliphatic rings. The first-order valence-corrected chi connectivity index (χ1v) is 6.40. The summed E-state index contributed by atoms with van der Waals surface area (Å²) in [4.78, 5) is 4.63. The summed E-state index contributed by atoms with van der Waals surface area (Å²) < 4.78 is 7.97. The molecule has 0 saturated heterocycles. The van der Waals surface area contributed by atoms with E-state index in [0.717, 1.165) is 30.3 Å². The van der Waals surface area contributed by atoms with Gasteiger partial charge in [0.25, 0.3) is 0 Å². The van der Waals surface area contributed by atoms with Crippen LogP contribution in [0.1, 0.15) is 25.6 Å². The molecule has 0 radical (unpaired) electrons. The van der Waals surface area contributed by atoms with Crippen LogP contribution in [0.15, 0.2) is 24.3 Å². The Hall–Kier alpha value is -1.35. The number of para-hydroxylation sites is 2. The summed E-state index contributed by atoms with van der Waals surface area (Å²) in [5.41, 5.74) is 2.25. The molecule has 0 spiro atoms. The Morgan fingerprint density at radius 1 is 1.35 bits per heavy atom. The van der Waals surface area contributed by atoms with Crippen molar-refractivity contribution in [3.63, 3.8) is 0 Å². The summed E-state index contributed by atoms with van der Waals surface area (Å²) in [6, 6.07) is 8.26. The molecule has 0 bridgehead atoms. The molecule has 1 aliphatic carbocycles. The maximum absolute atomic E-state index is 5.78. The van der Waals surface area contributed by atoms with Gasteiger partial charge in [0.05, 0.1) is 17.6 Å². The van der Waals surface area contributed by atoms with Crippen LogP contribution >= 0.6 is 0 Å². The molecule has 1 aromatic carbocycles. The summed E-state index contributed by atoms with van der Waals surface area (Å²) >= 11 is 0. The molecular formula is C14H18N2O. The number of aromatic nitrogens is 2. The quantitative estimate of drug-likeness (QED) is 0.789. The number of nitrogens with zero attached hydrogens (tertiary/aromatic N) is 2. The van der Waals surface area contributed by atoms with Crippen molar-refractivity contribution in [3.8, 4) is 0 Å². The van der Waals surface area contributed by atoms with Gasteiger partial charge in [-0.15, -0.1) is 0 Å². The van der Waals surface area contributed by atoms with E-state index in [2.05, 4.69) is 34.7 Å². The maximum Gasteiger partial charge on any atom is 0.124 e. The molecule has 0 amide bonds. The van der Waals surface area contributed by atoms with Gasteiger partial charge in [0.15, 0.2) is 0 Å². The number of aryl methyl sites for hydroxylation is 1. The van der Waals surface area contributed by atoms with Gasteiger partial charge in [-0.05, 0) is 30.9 Å². The Labute approximate surface area is 101 Å². The molecule has 0 N–H and O–H groups in total. The van der Waals surface area contributed by atoms with E-state index in [9.17, 15) is 0 Å². The second-order valence-corrected chi connectivity index (χ2v) is 4.74. The van der Waals surface area contributed by atoms with Crippen molar-refractivity contribution in [1.82, 2.24) is 9.55 Å². The minimum absolute atomic E-state index is 0.639. The van der Waals surface area contributed by atoms with Gasteiger partial charge >= 0.3 is 0 Å². The predicted molar refractivity (Wildman–Crippen MR) is 67.8 cm³/mol. The van der Waals surface area contributed by atoms with E-state index in [1.165, 1.54) is 18.4 Å². The summed E-state index contributed by atoms with van der Waals surface area (Å²) in [7, 11) is 0. The highest BCUT2D eigenvalue weighted by Crippen LogP contribution is 2.29. The maximum atomic E-state index is 5.78. The van der Waals surface area contributed by atoms with Crippen LogP contribution in [0.3, 0.4) is 0 Å². The number of ether oxygens (including phenoxy) is 1. The molecule has 1 saturated carbocycles. The molecule has 3 nitrogen and oxygen atoms in total. The molecule has 3 heteroatoms. The number of benzene rings is 1. The third-order valence-corrected chi connectivity index (χ3v) is 3.32. The average molecular weight is 230 g/mol. The Bertz CT molecular complexity index is 514. The second kappa shape index (κ2) is 4.49. The van der Waals surface area contributed by atoms with Crippen molar-refractivity contribution in [1.29, 1.82) is 0 Å². The van der Waals surface area contributed by atoms with Crippen molar-refractivity contribution >= 4 is 11.0 Å². The molecule has 0 unspecified atom stereocenters. The monoisotopic (exact) mass is 230 g/mol. The van der Waals surface area contributed by atoms with Crippen LogP contribution < -0.4 is 0 Å². The van der Waals surface area contributed by atoms with Crippen LogP contribution in [0.25, 0.3) is 11.0 Å². The van der Waals surface area contributed by atoms with E-state index in [-0.39, 0.29) is 0 Å². The Balaban J connectivity index is 1.83. The Kier molecular flexibility index (Phi) is 2.85. The fourth-order valence-electron chi connectivity index (χ4n) is 2.13. The molecule has 17 heavy (non-hydrogen) atoms. The van der Waals surface area contributed by atoms with Crippen LogP contribution in [0.4, 0.5) is 0 Å². The molecule has 90 valence electrons. The van der Waals surface area contributed by atoms with Crippen LogP contribution in [0, 0.1) is 5.92 Å². The zero-order valence-electron chi connectivity index (χ0n) is 10.2. The fraction of sp³-hybridized carbons (Fsp3) is 0.500. The zero-order valence-corrected chi connectivity index (χ0v) is 10.2. The Morgan fingerprint density at radius 3 is 2.94 bits per heavy atom. The summed E-state index contributed by atoms with van der Waals surface area (Å²) in [5, 5.41) is 0. The first-order chi connectivity index (χ1) is 8.38. The Morgan fingerprint density at radius 2 is 2.18 bits per heavy atom. The van der Waals surface area contributed by atoms with E-state index in [0.29, 0.717) is 6.73 Å². The fourth-order valence-corrected chi connectivity index (χ4v) is 2.13. The van der Waals surface area contributed by atoms with Gasteiger partial charge in [0.1, 0.15) is 12.6 Å². The van der Waals surface area contributed by atoms with E-state index in [4.69, 9.17) is 4.74 Å². The standard InChI is InChI=1S/C14H18N2O/c1-2-14-15-12-5-3-4-6-13(12)16(14)10-17-9-11-7-8-11/h3-6,11H,2,7-10H2,1H3. The molecule has 2 aromatic rings.